The molecule has 0 saturated heterocycles. The molecule has 0 aliphatic heterocycles. The van der Waals surface area contributed by atoms with Gasteiger partial charge in [-0.05, 0) is 24.1 Å². The maximum Gasteiger partial charge on any atom is 0.253 e. The van der Waals surface area contributed by atoms with Crippen LogP contribution in [0.3, 0.4) is 0 Å². The van der Waals surface area contributed by atoms with Crippen LogP contribution < -0.4 is 0 Å². The largest absolute Gasteiger partial charge is 0.394 e. The van der Waals surface area contributed by atoms with Crippen molar-refractivity contribution in [2.24, 2.45) is 0 Å². The number of rotatable bonds is 6. The molecule has 0 bridgehead atoms. The van der Waals surface area contributed by atoms with Crippen LogP contribution in [0.4, 0.5) is 0 Å². The van der Waals surface area contributed by atoms with E-state index in [1.807, 2.05) is 30.3 Å². The number of nitrogens with zero attached hydrogens (tertiary/aromatic N) is 1. The van der Waals surface area contributed by atoms with Crippen molar-refractivity contribution in [3.05, 3.63) is 61.2 Å². The van der Waals surface area contributed by atoms with Crippen LogP contribution in [0, 0.1) is 0 Å². The second kappa shape index (κ2) is 7.28. The number of benzene rings is 1. The molecule has 0 heterocycles. The Morgan fingerprint density at radius 1 is 1.16 bits per heavy atom. The topological polar surface area (TPSA) is 57.6 Å². The first kappa shape index (κ1) is 14.9. The summed E-state index contributed by atoms with van der Waals surface area (Å²) in [4.78, 5) is 24.4. The number of carbonyl (C=O) groups is 2. The molecule has 1 aromatic rings. The van der Waals surface area contributed by atoms with Gasteiger partial charge >= 0.3 is 0 Å². The van der Waals surface area contributed by atoms with Crippen LogP contribution in [0.1, 0.15) is 5.56 Å². The summed E-state index contributed by atoms with van der Waals surface area (Å²) >= 11 is 0. The van der Waals surface area contributed by atoms with E-state index in [-0.39, 0.29) is 6.61 Å². The second-order valence-corrected chi connectivity index (χ2v) is 3.98. The smallest absolute Gasteiger partial charge is 0.253 e. The number of amides is 2. The lowest BCUT2D eigenvalue weighted by Crippen LogP contribution is -2.46. The first-order chi connectivity index (χ1) is 9.13. The summed E-state index contributed by atoms with van der Waals surface area (Å²) in [6.07, 6.45) is 2.49. The number of hydrogen-bond acceptors (Lipinski definition) is 3. The molecular formula is C15H17NO3. The Bertz CT molecular complexity index is 448. The minimum atomic E-state index is -0.626. The van der Waals surface area contributed by atoms with E-state index < -0.39 is 17.9 Å². The van der Waals surface area contributed by atoms with Gasteiger partial charge in [-0.25, -0.2) is 0 Å². The van der Waals surface area contributed by atoms with Gasteiger partial charge in [-0.3, -0.25) is 14.5 Å². The number of aliphatic hydroxyl groups excluding tert-OH is 1. The van der Waals surface area contributed by atoms with Crippen molar-refractivity contribution >= 4 is 11.8 Å². The van der Waals surface area contributed by atoms with Crippen molar-refractivity contribution in [3.8, 4) is 0 Å². The van der Waals surface area contributed by atoms with Crippen LogP contribution in [0.15, 0.2) is 55.6 Å². The molecule has 0 aliphatic rings. The molecule has 0 fully saturated rings. The molecule has 1 aromatic carbocycles. The highest BCUT2D eigenvalue weighted by atomic mass is 16.3. The van der Waals surface area contributed by atoms with Crippen LogP contribution in [0.25, 0.3) is 0 Å². The van der Waals surface area contributed by atoms with Gasteiger partial charge in [-0.2, -0.15) is 0 Å². The van der Waals surface area contributed by atoms with Gasteiger partial charge in [0.15, 0.2) is 0 Å². The highest BCUT2D eigenvalue weighted by Gasteiger charge is 2.26. The Balaban J connectivity index is 2.96. The summed E-state index contributed by atoms with van der Waals surface area (Å²) in [6, 6.07) is 8.71. The molecule has 4 nitrogen and oxygen atoms in total. The molecule has 0 saturated carbocycles. The molecule has 1 atom stereocenters. The molecule has 100 valence electrons. The molecule has 0 aromatic heterocycles. The predicted molar refractivity (Wildman–Crippen MR) is 73.3 cm³/mol. The lowest BCUT2D eigenvalue weighted by Gasteiger charge is -2.27. The van der Waals surface area contributed by atoms with Gasteiger partial charge in [0.2, 0.25) is 0 Å². The Kier molecular flexibility index (Phi) is 5.70. The van der Waals surface area contributed by atoms with Gasteiger partial charge in [0.1, 0.15) is 0 Å². The standard InChI is InChI=1S/C15H17NO3/c1-3-14(18)16(15(19)4-2)13(11-17)10-12-8-6-5-7-9-12/h3-9,13,17H,1-2,10-11H2. The zero-order valence-electron chi connectivity index (χ0n) is 10.7. The minimum absolute atomic E-state index is 0.311. The summed E-state index contributed by atoms with van der Waals surface area (Å²) in [5.41, 5.74) is 0.931. The number of carbonyl (C=O) groups excluding carboxylic acids is 2. The quantitative estimate of drug-likeness (QED) is 0.784. The van der Waals surface area contributed by atoms with Crippen molar-refractivity contribution in [2.75, 3.05) is 6.61 Å². The summed E-state index contributed by atoms with van der Waals surface area (Å²) in [5.74, 6) is -1.08. The first-order valence-electron chi connectivity index (χ1n) is 5.90. The Hall–Kier alpha value is -2.20. The number of hydrogen-bond donors (Lipinski definition) is 1. The fourth-order valence-electron chi connectivity index (χ4n) is 1.79. The van der Waals surface area contributed by atoms with Gasteiger partial charge in [-0.15, -0.1) is 0 Å². The van der Waals surface area contributed by atoms with Crippen molar-refractivity contribution in [3.63, 3.8) is 0 Å². The second-order valence-electron chi connectivity index (χ2n) is 3.98. The molecule has 0 spiro atoms. The molecule has 0 radical (unpaired) electrons. The molecule has 2 amide bonds. The zero-order valence-corrected chi connectivity index (χ0v) is 10.7. The van der Waals surface area contributed by atoms with Gasteiger partial charge in [-0.1, -0.05) is 43.5 Å². The van der Waals surface area contributed by atoms with Crippen molar-refractivity contribution in [1.29, 1.82) is 0 Å². The molecule has 0 aliphatic carbocycles. The summed E-state index contributed by atoms with van der Waals surface area (Å²) in [6.45, 7) is 6.41. The fourth-order valence-corrected chi connectivity index (χ4v) is 1.79. The predicted octanol–water partition coefficient (Wildman–Crippen LogP) is 1.32. The van der Waals surface area contributed by atoms with E-state index in [2.05, 4.69) is 13.2 Å². The van der Waals surface area contributed by atoms with Crippen LogP contribution in [-0.4, -0.2) is 34.5 Å². The normalized spacial score (nSPS) is 11.4. The zero-order chi connectivity index (χ0) is 14.3. The third-order valence-electron chi connectivity index (χ3n) is 2.71. The monoisotopic (exact) mass is 259 g/mol. The van der Waals surface area contributed by atoms with Crippen LogP contribution in [-0.2, 0) is 16.0 Å². The van der Waals surface area contributed by atoms with E-state index in [9.17, 15) is 14.7 Å². The Morgan fingerprint density at radius 3 is 2.11 bits per heavy atom. The van der Waals surface area contributed by atoms with Gasteiger partial charge < -0.3 is 5.11 Å². The molecule has 1 N–H and O–H groups in total. The third kappa shape index (κ3) is 3.89. The van der Waals surface area contributed by atoms with E-state index in [0.717, 1.165) is 22.6 Å². The lowest BCUT2D eigenvalue weighted by molar-refractivity contribution is -0.142. The maximum atomic E-state index is 11.7. The highest BCUT2D eigenvalue weighted by Crippen LogP contribution is 2.10. The first-order valence-corrected chi connectivity index (χ1v) is 5.90. The van der Waals surface area contributed by atoms with Gasteiger partial charge in [0.25, 0.3) is 11.8 Å². The van der Waals surface area contributed by atoms with E-state index in [4.69, 9.17) is 0 Å². The SMILES string of the molecule is C=CC(=O)N(C(=O)C=C)C(CO)Cc1ccccc1. The third-order valence-corrected chi connectivity index (χ3v) is 2.71. The van der Waals surface area contributed by atoms with E-state index in [1.54, 1.807) is 0 Å². The Labute approximate surface area is 112 Å². The van der Waals surface area contributed by atoms with E-state index in [0.29, 0.717) is 6.42 Å². The molecule has 19 heavy (non-hydrogen) atoms. The molecule has 1 unspecified atom stereocenters. The summed E-state index contributed by atoms with van der Waals surface area (Å²) in [5, 5.41) is 9.43. The van der Waals surface area contributed by atoms with Gasteiger partial charge in [0, 0.05) is 0 Å². The van der Waals surface area contributed by atoms with E-state index in [1.165, 1.54) is 0 Å². The fraction of sp³-hybridized carbons (Fsp3) is 0.200. The molecule has 4 heteroatoms. The van der Waals surface area contributed by atoms with Crippen LogP contribution >= 0.6 is 0 Å². The lowest BCUT2D eigenvalue weighted by atomic mass is 10.0. The average molecular weight is 259 g/mol. The summed E-state index contributed by atoms with van der Waals surface area (Å²) in [7, 11) is 0. The van der Waals surface area contributed by atoms with Crippen LogP contribution in [0.5, 0.6) is 0 Å². The molecule has 1 rings (SSSR count). The van der Waals surface area contributed by atoms with Crippen molar-refractivity contribution in [2.45, 2.75) is 12.5 Å². The van der Waals surface area contributed by atoms with Crippen molar-refractivity contribution < 1.29 is 14.7 Å². The maximum absolute atomic E-state index is 11.7. The minimum Gasteiger partial charge on any atom is -0.394 e. The molecular weight excluding hydrogens is 242 g/mol. The number of imide groups is 1. The highest BCUT2D eigenvalue weighted by molar-refractivity contribution is 6.05. The van der Waals surface area contributed by atoms with E-state index >= 15 is 0 Å². The van der Waals surface area contributed by atoms with Crippen molar-refractivity contribution in [1.82, 2.24) is 4.90 Å². The van der Waals surface area contributed by atoms with Gasteiger partial charge in [0.05, 0.1) is 12.6 Å². The van der Waals surface area contributed by atoms with Crippen LogP contribution in [0.2, 0.25) is 0 Å². The Morgan fingerprint density at radius 2 is 1.68 bits per heavy atom. The average Bonchev–Trinajstić information content (AvgIpc) is 2.46. The summed E-state index contributed by atoms with van der Waals surface area (Å²) < 4.78 is 0. The number of aliphatic hydroxyl groups is 1.